The Balaban J connectivity index is 2.70. The van der Waals surface area contributed by atoms with Crippen LogP contribution in [0.15, 0.2) is 24.8 Å². The van der Waals surface area contributed by atoms with Crippen molar-refractivity contribution in [1.29, 1.82) is 0 Å². The average molecular weight is 233 g/mol. The van der Waals surface area contributed by atoms with Crippen LogP contribution >= 0.6 is 12.2 Å². The van der Waals surface area contributed by atoms with Gasteiger partial charge in [0.1, 0.15) is 0 Å². The number of nitrogens with zero attached hydrogens (tertiary/aromatic N) is 2. The van der Waals surface area contributed by atoms with E-state index in [-0.39, 0.29) is 0 Å². The summed E-state index contributed by atoms with van der Waals surface area (Å²) in [5.74, 6) is 0.590. The van der Waals surface area contributed by atoms with Crippen molar-refractivity contribution in [3.8, 4) is 17.0 Å². The first kappa shape index (κ1) is 10.8. The van der Waals surface area contributed by atoms with Crippen molar-refractivity contribution in [2.75, 3.05) is 7.11 Å². The molecule has 0 amide bonds. The van der Waals surface area contributed by atoms with E-state index < -0.39 is 0 Å². The first-order valence-corrected chi connectivity index (χ1v) is 5.17. The Kier molecular flexibility index (Phi) is 2.96. The molecule has 0 fully saturated rings. The van der Waals surface area contributed by atoms with E-state index in [2.05, 4.69) is 15.0 Å². The summed E-state index contributed by atoms with van der Waals surface area (Å²) in [5.41, 5.74) is 2.90. The SMILES string of the molecule is COc1c(-c2ccncc2C)[nH]cnc1=S. The Hall–Kier alpha value is -1.75. The van der Waals surface area contributed by atoms with Crippen molar-refractivity contribution in [1.82, 2.24) is 15.0 Å². The van der Waals surface area contributed by atoms with E-state index in [1.54, 1.807) is 25.8 Å². The van der Waals surface area contributed by atoms with Gasteiger partial charge >= 0.3 is 0 Å². The third-order valence-electron chi connectivity index (χ3n) is 2.31. The molecule has 0 atom stereocenters. The van der Waals surface area contributed by atoms with E-state index in [1.807, 2.05) is 13.0 Å². The number of H-pyrrole nitrogens is 1. The number of aryl methyl sites for hydroxylation is 1. The third-order valence-corrected chi connectivity index (χ3v) is 2.60. The Morgan fingerprint density at radius 1 is 1.44 bits per heavy atom. The molecule has 0 radical (unpaired) electrons. The second-order valence-electron chi connectivity index (χ2n) is 3.31. The summed E-state index contributed by atoms with van der Waals surface area (Å²) in [6, 6.07) is 1.92. The van der Waals surface area contributed by atoms with Crippen LogP contribution in [0, 0.1) is 11.6 Å². The zero-order valence-corrected chi connectivity index (χ0v) is 9.84. The van der Waals surface area contributed by atoms with Gasteiger partial charge in [-0.1, -0.05) is 12.2 Å². The highest BCUT2D eigenvalue weighted by molar-refractivity contribution is 7.71. The van der Waals surface area contributed by atoms with Gasteiger partial charge in [0, 0.05) is 18.0 Å². The van der Waals surface area contributed by atoms with Gasteiger partial charge in [-0.3, -0.25) is 4.98 Å². The van der Waals surface area contributed by atoms with E-state index in [0.717, 1.165) is 16.8 Å². The molecule has 4 nitrogen and oxygen atoms in total. The first-order chi connectivity index (χ1) is 7.74. The largest absolute Gasteiger partial charge is 0.491 e. The normalized spacial score (nSPS) is 10.1. The summed E-state index contributed by atoms with van der Waals surface area (Å²) in [7, 11) is 1.58. The Morgan fingerprint density at radius 3 is 2.94 bits per heavy atom. The predicted octanol–water partition coefficient (Wildman–Crippen LogP) is 2.52. The Labute approximate surface area is 98.3 Å². The highest BCUT2D eigenvalue weighted by atomic mass is 32.1. The van der Waals surface area contributed by atoms with Crippen molar-refractivity contribution >= 4 is 12.2 Å². The zero-order valence-electron chi connectivity index (χ0n) is 9.02. The van der Waals surface area contributed by atoms with Gasteiger partial charge in [0.2, 0.25) is 0 Å². The number of hydrogen-bond acceptors (Lipinski definition) is 4. The van der Waals surface area contributed by atoms with Crippen LogP contribution in [0.4, 0.5) is 0 Å². The zero-order chi connectivity index (χ0) is 11.5. The van der Waals surface area contributed by atoms with E-state index >= 15 is 0 Å². The van der Waals surface area contributed by atoms with Crippen LogP contribution in [0.5, 0.6) is 5.75 Å². The Morgan fingerprint density at radius 2 is 2.25 bits per heavy atom. The molecule has 0 aliphatic heterocycles. The molecule has 16 heavy (non-hydrogen) atoms. The maximum atomic E-state index is 5.27. The lowest BCUT2D eigenvalue weighted by atomic mass is 10.1. The van der Waals surface area contributed by atoms with Crippen LogP contribution in [0.1, 0.15) is 5.56 Å². The van der Waals surface area contributed by atoms with E-state index in [4.69, 9.17) is 17.0 Å². The molecule has 2 aromatic heterocycles. The second kappa shape index (κ2) is 4.40. The number of aromatic nitrogens is 3. The molecule has 0 aromatic carbocycles. The number of hydrogen-bond donors (Lipinski definition) is 1. The molecule has 5 heteroatoms. The molecule has 2 rings (SSSR count). The smallest absolute Gasteiger partial charge is 0.179 e. The molecule has 0 spiro atoms. The van der Waals surface area contributed by atoms with Crippen LogP contribution in [-0.4, -0.2) is 22.1 Å². The highest BCUT2D eigenvalue weighted by Crippen LogP contribution is 2.29. The molecule has 2 aromatic rings. The van der Waals surface area contributed by atoms with Crippen LogP contribution < -0.4 is 4.74 Å². The first-order valence-electron chi connectivity index (χ1n) is 4.76. The van der Waals surface area contributed by atoms with Crippen LogP contribution in [0.25, 0.3) is 11.3 Å². The summed E-state index contributed by atoms with van der Waals surface area (Å²) < 4.78 is 5.72. The van der Waals surface area contributed by atoms with Gasteiger partial charge in [0.05, 0.1) is 19.1 Å². The Bertz CT molecular complexity index is 565. The summed E-state index contributed by atoms with van der Waals surface area (Å²) >= 11 is 5.11. The van der Waals surface area contributed by atoms with Crippen molar-refractivity contribution < 1.29 is 4.74 Å². The molecule has 0 saturated carbocycles. The minimum Gasteiger partial charge on any atom is -0.491 e. The van der Waals surface area contributed by atoms with E-state index in [9.17, 15) is 0 Å². The number of nitrogens with one attached hydrogen (secondary N) is 1. The van der Waals surface area contributed by atoms with Gasteiger partial charge in [-0.2, -0.15) is 0 Å². The van der Waals surface area contributed by atoms with Gasteiger partial charge in [0.25, 0.3) is 0 Å². The summed E-state index contributed by atoms with van der Waals surface area (Å²) in [6.45, 7) is 1.99. The number of pyridine rings is 1. The van der Waals surface area contributed by atoms with E-state index in [0.29, 0.717) is 10.4 Å². The molecule has 0 unspecified atom stereocenters. The van der Waals surface area contributed by atoms with Crippen molar-refractivity contribution in [2.24, 2.45) is 0 Å². The maximum absolute atomic E-state index is 5.27. The fourth-order valence-corrected chi connectivity index (χ4v) is 1.77. The van der Waals surface area contributed by atoms with Gasteiger partial charge in [-0.25, -0.2) is 4.98 Å². The van der Waals surface area contributed by atoms with Crippen LogP contribution in [0.2, 0.25) is 0 Å². The van der Waals surface area contributed by atoms with Gasteiger partial charge < -0.3 is 9.72 Å². The molecule has 0 aliphatic rings. The fourth-order valence-electron chi connectivity index (χ4n) is 1.53. The quantitative estimate of drug-likeness (QED) is 0.810. The fraction of sp³-hybridized carbons (Fsp3) is 0.182. The van der Waals surface area contributed by atoms with Crippen molar-refractivity contribution in [2.45, 2.75) is 6.92 Å². The minimum absolute atomic E-state index is 0.451. The second-order valence-corrected chi connectivity index (χ2v) is 3.69. The number of methoxy groups -OCH3 is 1. The lowest BCUT2D eigenvalue weighted by Crippen LogP contribution is -1.95. The summed E-state index contributed by atoms with van der Waals surface area (Å²) in [6.07, 6.45) is 5.10. The average Bonchev–Trinajstić information content (AvgIpc) is 2.29. The highest BCUT2D eigenvalue weighted by Gasteiger charge is 2.10. The lowest BCUT2D eigenvalue weighted by Gasteiger charge is -2.09. The predicted molar refractivity (Wildman–Crippen MR) is 63.9 cm³/mol. The molecule has 82 valence electrons. The molecule has 0 aliphatic carbocycles. The van der Waals surface area contributed by atoms with Crippen molar-refractivity contribution in [3.05, 3.63) is 35.0 Å². The lowest BCUT2D eigenvalue weighted by molar-refractivity contribution is 0.410. The maximum Gasteiger partial charge on any atom is 0.179 e. The third kappa shape index (κ3) is 1.81. The standard InChI is InChI=1S/C11H11N3OS/c1-7-5-12-4-3-8(7)9-10(15-2)11(16)14-6-13-9/h3-6H,1-2H3,(H,13,14,16). The minimum atomic E-state index is 0.451. The monoisotopic (exact) mass is 233 g/mol. The molecule has 2 heterocycles. The number of ether oxygens (including phenoxy) is 1. The van der Waals surface area contributed by atoms with Crippen LogP contribution in [-0.2, 0) is 0 Å². The summed E-state index contributed by atoms with van der Waals surface area (Å²) in [5, 5.41) is 0. The van der Waals surface area contributed by atoms with Gasteiger partial charge in [0.15, 0.2) is 10.4 Å². The number of aromatic amines is 1. The van der Waals surface area contributed by atoms with Gasteiger partial charge in [-0.15, -0.1) is 0 Å². The topological polar surface area (TPSA) is 50.8 Å². The van der Waals surface area contributed by atoms with E-state index in [1.165, 1.54) is 0 Å². The molecule has 1 N–H and O–H groups in total. The van der Waals surface area contributed by atoms with Crippen LogP contribution in [0.3, 0.4) is 0 Å². The van der Waals surface area contributed by atoms with Gasteiger partial charge in [-0.05, 0) is 18.6 Å². The molecular weight excluding hydrogens is 222 g/mol. The summed E-state index contributed by atoms with van der Waals surface area (Å²) in [4.78, 5) is 11.1. The molecular formula is C11H11N3OS. The molecule has 0 saturated heterocycles. The number of rotatable bonds is 2. The molecule has 0 bridgehead atoms. The van der Waals surface area contributed by atoms with Crippen molar-refractivity contribution in [3.63, 3.8) is 0 Å².